The fourth-order valence-electron chi connectivity index (χ4n) is 1.37. The lowest BCUT2D eigenvalue weighted by atomic mass is 9.90. The molecule has 0 aromatic heterocycles. The first kappa shape index (κ1) is 12.8. The second-order valence-electron chi connectivity index (χ2n) is 2.69. The van der Waals surface area contributed by atoms with E-state index in [1.807, 2.05) is 0 Å². The monoisotopic (exact) mass is 167 g/mol. The third-order valence-corrected chi connectivity index (χ3v) is 1.98. The summed E-state index contributed by atoms with van der Waals surface area (Å²) < 4.78 is 0. The van der Waals surface area contributed by atoms with Gasteiger partial charge in [0.1, 0.15) is 0 Å². The van der Waals surface area contributed by atoms with E-state index in [1.165, 1.54) is 32.1 Å². The van der Waals surface area contributed by atoms with Crippen LogP contribution < -0.4 is 6.15 Å². The summed E-state index contributed by atoms with van der Waals surface area (Å²) in [5.74, 6) is 0.642. The molecule has 0 heterocycles. The number of aliphatic hydroxyl groups excluding tert-OH is 1. The minimum atomic E-state index is 0. The summed E-state index contributed by atoms with van der Waals surface area (Å²) in [5.41, 5.74) is 0. The molecule has 1 aliphatic carbocycles. The molecule has 0 aliphatic heterocycles. The summed E-state index contributed by atoms with van der Waals surface area (Å²) in [6, 6.07) is 0. The van der Waals surface area contributed by atoms with Gasteiger partial charge in [-0.2, -0.15) is 0 Å². The molecule has 0 amide bonds. The van der Waals surface area contributed by atoms with E-state index in [-0.39, 0.29) is 18.6 Å². The van der Waals surface area contributed by atoms with Crippen molar-refractivity contribution in [1.29, 1.82) is 0 Å². The first-order chi connectivity index (χ1) is 3.93. The Morgan fingerprint density at radius 2 is 1.60 bits per heavy atom. The Kier molecular flexibility index (Phi) is 9.40. The topological polar surface area (TPSA) is 55.2 Å². The highest BCUT2D eigenvalue weighted by atomic mass is 35.5. The lowest BCUT2D eigenvalue weighted by Gasteiger charge is -2.18. The van der Waals surface area contributed by atoms with Crippen molar-refractivity contribution in [2.45, 2.75) is 32.1 Å². The van der Waals surface area contributed by atoms with Crippen molar-refractivity contribution in [3.05, 3.63) is 0 Å². The molecule has 3 heteroatoms. The molecule has 10 heavy (non-hydrogen) atoms. The lowest BCUT2D eigenvalue weighted by Crippen LogP contribution is -2.09. The summed E-state index contributed by atoms with van der Waals surface area (Å²) in [7, 11) is 0. The van der Waals surface area contributed by atoms with E-state index >= 15 is 0 Å². The average molecular weight is 168 g/mol. The highest BCUT2D eigenvalue weighted by molar-refractivity contribution is 5.85. The van der Waals surface area contributed by atoms with Gasteiger partial charge in [0, 0.05) is 6.61 Å². The Morgan fingerprint density at radius 1 is 1.10 bits per heavy atom. The molecular formula is C7H18ClNO. The minimum absolute atomic E-state index is 0. The first-order valence-electron chi connectivity index (χ1n) is 3.54. The Balaban J connectivity index is 0. The fourth-order valence-corrected chi connectivity index (χ4v) is 1.37. The van der Waals surface area contributed by atoms with E-state index in [0.717, 1.165) is 0 Å². The Hall–Kier alpha value is 0.210. The maximum Gasteiger partial charge on any atom is 0.0459 e. The molecule has 0 spiro atoms. The zero-order chi connectivity index (χ0) is 5.82. The third kappa shape index (κ3) is 4.09. The molecule has 2 nitrogen and oxygen atoms in total. The summed E-state index contributed by atoms with van der Waals surface area (Å²) in [4.78, 5) is 0. The maximum absolute atomic E-state index is 8.69. The van der Waals surface area contributed by atoms with E-state index in [4.69, 9.17) is 5.11 Å². The predicted molar refractivity (Wildman–Crippen MR) is 45.9 cm³/mol. The number of hydrogen-bond donors (Lipinski definition) is 2. The van der Waals surface area contributed by atoms with Crippen LogP contribution in [-0.2, 0) is 0 Å². The van der Waals surface area contributed by atoms with Crippen LogP contribution in [0.2, 0.25) is 0 Å². The number of halogens is 1. The van der Waals surface area contributed by atoms with Gasteiger partial charge < -0.3 is 11.3 Å². The number of hydrogen-bond acceptors (Lipinski definition) is 2. The van der Waals surface area contributed by atoms with Crippen molar-refractivity contribution in [3.63, 3.8) is 0 Å². The van der Waals surface area contributed by atoms with Crippen LogP contribution in [0, 0.1) is 5.92 Å². The van der Waals surface area contributed by atoms with Crippen LogP contribution in [0.3, 0.4) is 0 Å². The van der Waals surface area contributed by atoms with Crippen molar-refractivity contribution in [2.24, 2.45) is 5.92 Å². The van der Waals surface area contributed by atoms with Gasteiger partial charge in [0.15, 0.2) is 0 Å². The highest BCUT2D eigenvalue weighted by Gasteiger charge is 2.10. The van der Waals surface area contributed by atoms with Gasteiger partial charge in [0.25, 0.3) is 0 Å². The van der Waals surface area contributed by atoms with E-state index < -0.39 is 0 Å². The second kappa shape index (κ2) is 7.32. The summed E-state index contributed by atoms with van der Waals surface area (Å²) >= 11 is 0. The van der Waals surface area contributed by atoms with E-state index in [0.29, 0.717) is 12.5 Å². The molecule has 0 aromatic carbocycles. The Morgan fingerprint density at radius 3 is 1.90 bits per heavy atom. The molecule has 4 N–H and O–H groups in total. The molecule has 0 bridgehead atoms. The van der Waals surface area contributed by atoms with Gasteiger partial charge >= 0.3 is 0 Å². The molecular weight excluding hydrogens is 150 g/mol. The molecule has 1 rings (SSSR count). The van der Waals surface area contributed by atoms with Gasteiger partial charge in [-0.05, 0) is 18.8 Å². The van der Waals surface area contributed by atoms with Crippen LogP contribution >= 0.6 is 12.4 Å². The average Bonchev–Trinajstić information content (AvgIpc) is 1.90. The molecule has 64 valence electrons. The first-order valence-corrected chi connectivity index (χ1v) is 3.54. The van der Waals surface area contributed by atoms with Gasteiger partial charge in [0.05, 0.1) is 0 Å². The highest BCUT2D eigenvalue weighted by Crippen LogP contribution is 2.22. The number of rotatable bonds is 1. The predicted octanol–water partition coefficient (Wildman–Crippen LogP) is 2.14. The molecule has 0 unspecified atom stereocenters. The zero-order valence-electron chi connectivity index (χ0n) is 6.38. The fraction of sp³-hybridized carbons (Fsp3) is 1.00. The summed E-state index contributed by atoms with van der Waals surface area (Å²) in [6.45, 7) is 0.417. The normalized spacial score (nSPS) is 18.9. The van der Waals surface area contributed by atoms with Crippen LogP contribution in [-0.4, -0.2) is 11.7 Å². The SMILES string of the molecule is Cl.N.OCC1CCCCC1. The van der Waals surface area contributed by atoms with Crippen molar-refractivity contribution >= 4 is 12.4 Å². The third-order valence-electron chi connectivity index (χ3n) is 1.98. The smallest absolute Gasteiger partial charge is 0.0459 e. The number of aliphatic hydroxyl groups is 1. The summed E-state index contributed by atoms with van der Waals surface area (Å²) in [6.07, 6.45) is 6.58. The Labute approximate surface area is 69.0 Å². The van der Waals surface area contributed by atoms with E-state index in [2.05, 4.69) is 0 Å². The van der Waals surface area contributed by atoms with Crippen LogP contribution in [0.5, 0.6) is 0 Å². The van der Waals surface area contributed by atoms with E-state index in [9.17, 15) is 0 Å². The van der Waals surface area contributed by atoms with Crippen molar-refractivity contribution in [1.82, 2.24) is 6.15 Å². The maximum atomic E-state index is 8.69. The minimum Gasteiger partial charge on any atom is -0.396 e. The Bertz CT molecular complexity index is 64.6. The van der Waals surface area contributed by atoms with Gasteiger partial charge in [0.2, 0.25) is 0 Å². The molecule has 0 saturated heterocycles. The van der Waals surface area contributed by atoms with Crippen LogP contribution in [0.4, 0.5) is 0 Å². The second-order valence-corrected chi connectivity index (χ2v) is 2.69. The molecule has 1 saturated carbocycles. The van der Waals surface area contributed by atoms with Crippen LogP contribution in [0.25, 0.3) is 0 Å². The lowest BCUT2D eigenvalue weighted by molar-refractivity contribution is 0.190. The van der Waals surface area contributed by atoms with Gasteiger partial charge in [-0.15, -0.1) is 12.4 Å². The largest absolute Gasteiger partial charge is 0.396 e. The molecule has 1 aliphatic rings. The standard InChI is InChI=1S/C7H14O.ClH.H3N/c8-6-7-4-2-1-3-5-7;;/h7-8H,1-6H2;1H;1H3. The van der Waals surface area contributed by atoms with Crippen molar-refractivity contribution in [2.75, 3.05) is 6.61 Å². The van der Waals surface area contributed by atoms with Crippen LogP contribution in [0.15, 0.2) is 0 Å². The quantitative estimate of drug-likeness (QED) is 0.629. The molecule has 0 radical (unpaired) electrons. The molecule has 0 atom stereocenters. The zero-order valence-corrected chi connectivity index (χ0v) is 7.20. The summed E-state index contributed by atoms with van der Waals surface area (Å²) in [5, 5.41) is 8.69. The van der Waals surface area contributed by atoms with Crippen LogP contribution in [0.1, 0.15) is 32.1 Å². The molecule has 1 fully saturated rings. The van der Waals surface area contributed by atoms with Gasteiger partial charge in [-0.1, -0.05) is 19.3 Å². The van der Waals surface area contributed by atoms with Gasteiger partial charge in [-0.3, -0.25) is 0 Å². The van der Waals surface area contributed by atoms with Gasteiger partial charge in [-0.25, -0.2) is 0 Å². The van der Waals surface area contributed by atoms with Crippen molar-refractivity contribution in [3.8, 4) is 0 Å². The van der Waals surface area contributed by atoms with Crippen molar-refractivity contribution < 1.29 is 5.11 Å². The molecule has 0 aromatic rings. The van der Waals surface area contributed by atoms with E-state index in [1.54, 1.807) is 0 Å².